The normalized spacial score (nSPS) is 10.5. The first kappa shape index (κ1) is 13.2. The van der Waals surface area contributed by atoms with Gasteiger partial charge < -0.3 is 4.74 Å². The molecule has 1 aromatic carbocycles. The highest BCUT2D eigenvalue weighted by atomic mass is 16.5. The molecule has 2 heterocycles. The smallest absolute Gasteiger partial charge is 0.213 e. The van der Waals surface area contributed by atoms with Gasteiger partial charge in [-0.15, -0.1) is 0 Å². The van der Waals surface area contributed by atoms with Crippen LogP contribution in [0.5, 0.6) is 5.75 Å². The van der Waals surface area contributed by atoms with Crippen molar-refractivity contribution in [1.29, 1.82) is 0 Å². The Kier molecular flexibility index (Phi) is 3.60. The van der Waals surface area contributed by atoms with Crippen molar-refractivity contribution in [1.82, 2.24) is 9.97 Å². The van der Waals surface area contributed by atoms with Gasteiger partial charge in [-0.25, -0.2) is 0 Å². The molecule has 0 unspecified atom stereocenters. The molecule has 3 aromatic rings. The minimum atomic E-state index is -0.152. The third kappa shape index (κ3) is 2.60. The molecule has 4 heteroatoms. The molecule has 0 aliphatic rings. The summed E-state index contributed by atoms with van der Waals surface area (Å²) in [7, 11) is 0. The van der Waals surface area contributed by atoms with Gasteiger partial charge in [-0.3, -0.25) is 14.8 Å². The molecule has 0 saturated carbocycles. The number of carbonyl (C=O) groups excluding carboxylic acids is 1. The monoisotopic (exact) mass is 278 g/mol. The maximum atomic E-state index is 12.7. The molecule has 0 aliphatic heterocycles. The second-order valence-corrected chi connectivity index (χ2v) is 4.55. The number of pyridine rings is 2. The third-order valence-electron chi connectivity index (χ3n) is 3.18. The van der Waals surface area contributed by atoms with E-state index in [0.717, 1.165) is 10.8 Å². The number of hydrogen-bond acceptors (Lipinski definition) is 4. The minimum Gasteiger partial charge on any atom is -0.492 e. The number of aromatic nitrogens is 2. The van der Waals surface area contributed by atoms with Crippen LogP contribution in [-0.2, 0) is 0 Å². The molecule has 3 rings (SSSR count). The Bertz CT molecular complexity index is 794. The van der Waals surface area contributed by atoms with E-state index in [1.807, 2.05) is 37.3 Å². The maximum Gasteiger partial charge on any atom is 0.213 e. The van der Waals surface area contributed by atoms with E-state index in [2.05, 4.69) is 9.97 Å². The Morgan fingerprint density at radius 3 is 2.90 bits per heavy atom. The number of nitrogens with zero attached hydrogens (tertiary/aromatic N) is 2. The summed E-state index contributed by atoms with van der Waals surface area (Å²) in [5, 5.41) is 1.83. The molecule has 0 N–H and O–H groups in total. The molecule has 4 nitrogen and oxygen atoms in total. The van der Waals surface area contributed by atoms with E-state index in [0.29, 0.717) is 23.6 Å². The number of ketones is 1. The van der Waals surface area contributed by atoms with Gasteiger partial charge in [0.2, 0.25) is 5.78 Å². The topological polar surface area (TPSA) is 52.1 Å². The zero-order valence-electron chi connectivity index (χ0n) is 11.6. The van der Waals surface area contributed by atoms with Crippen molar-refractivity contribution in [2.75, 3.05) is 6.61 Å². The summed E-state index contributed by atoms with van der Waals surface area (Å²) < 4.78 is 5.38. The van der Waals surface area contributed by atoms with Crippen molar-refractivity contribution in [3.05, 3.63) is 66.2 Å². The summed E-state index contributed by atoms with van der Waals surface area (Å²) in [6.07, 6.45) is 4.78. The van der Waals surface area contributed by atoms with E-state index in [1.165, 1.54) is 6.20 Å². The average molecular weight is 278 g/mol. The highest BCUT2D eigenvalue weighted by Gasteiger charge is 2.15. The Hall–Kier alpha value is -2.75. The fraction of sp³-hybridized carbons (Fsp3) is 0.118. The lowest BCUT2D eigenvalue weighted by Gasteiger charge is -2.06. The summed E-state index contributed by atoms with van der Waals surface area (Å²) in [6, 6.07) is 11.3. The first-order valence-electron chi connectivity index (χ1n) is 6.76. The van der Waals surface area contributed by atoms with Crippen LogP contribution in [0.25, 0.3) is 10.8 Å². The lowest BCUT2D eigenvalue weighted by molar-refractivity contribution is 0.103. The predicted molar refractivity (Wildman–Crippen MR) is 80.6 cm³/mol. The standard InChI is InChI=1S/C17H14N2O2/c1-2-21-14-9-13(10-18-11-14)17(20)16-15-6-4-3-5-12(15)7-8-19-16/h3-11H,2H2,1H3. The highest BCUT2D eigenvalue weighted by Crippen LogP contribution is 2.20. The molecule has 0 fully saturated rings. The van der Waals surface area contributed by atoms with Crippen molar-refractivity contribution in [2.45, 2.75) is 6.92 Å². The van der Waals surface area contributed by atoms with E-state index in [-0.39, 0.29) is 5.78 Å². The number of hydrogen-bond donors (Lipinski definition) is 0. The Morgan fingerprint density at radius 1 is 1.19 bits per heavy atom. The van der Waals surface area contributed by atoms with Gasteiger partial charge in [-0.05, 0) is 24.4 Å². The van der Waals surface area contributed by atoms with Crippen LogP contribution in [0.4, 0.5) is 0 Å². The van der Waals surface area contributed by atoms with Crippen molar-refractivity contribution >= 4 is 16.6 Å². The molecule has 104 valence electrons. The second-order valence-electron chi connectivity index (χ2n) is 4.55. The largest absolute Gasteiger partial charge is 0.492 e. The molecule has 0 aliphatic carbocycles. The van der Waals surface area contributed by atoms with Gasteiger partial charge in [-0.1, -0.05) is 24.3 Å². The number of benzene rings is 1. The fourth-order valence-electron chi connectivity index (χ4n) is 2.23. The molecular weight excluding hydrogens is 264 g/mol. The van der Waals surface area contributed by atoms with Gasteiger partial charge in [-0.2, -0.15) is 0 Å². The van der Waals surface area contributed by atoms with Gasteiger partial charge in [0.15, 0.2) is 0 Å². The summed E-state index contributed by atoms with van der Waals surface area (Å²) >= 11 is 0. The number of carbonyl (C=O) groups is 1. The zero-order valence-corrected chi connectivity index (χ0v) is 11.6. The Balaban J connectivity index is 2.06. The first-order chi connectivity index (χ1) is 10.3. The SMILES string of the molecule is CCOc1cncc(C(=O)c2nccc3ccccc23)c1. The molecule has 0 radical (unpaired) electrons. The van der Waals surface area contributed by atoms with Crippen LogP contribution >= 0.6 is 0 Å². The van der Waals surface area contributed by atoms with E-state index < -0.39 is 0 Å². The maximum absolute atomic E-state index is 12.7. The van der Waals surface area contributed by atoms with E-state index in [4.69, 9.17) is 4.74 Å². The van der Waals surface area contributed by atoms with Crippen LogP contribution < -0.4 is 4.74 Å². The lowest BCUT2D eigenvalue weighted by atomic mass is 10.0. The predicted octanol–water partition coefficient (Wildman–Crippen LogP) is 3.26. The molecule has 0 atom stereocenters. The average Bonchev–Trinajstić information content (AvgIpc) is 2.54. The Morgan fingerprint density at radius 2 is 2.05 bits per heavy atom. The fourth-order valence-corrected chi connectivity index (χ4v) is 2.23. The zero-order chi connectivity index (χ0) is 14.7. The molecule has 0 amide bonds. The number of rotatable bonds is 4. The van der Waals surface area contributed by atoms with Gasteiger partial charge in [0.05, 0.1) is 12.8 Å². The number of ether oxygens (including phenoxy) is 1. The first-order valence-corrected chi connectivity index (χ1v) is 6.76. The van der Waals surface area contributed by atoms with Crippen molar-refractivity contribution in [3.8, 4) is 5.75 Å². The molecule has 0 bridgehead atoms. The van der Waals surface area contributed by atoms with Crippen LogP contribution in [0.1, 0.15) is 23.0 Å². The molecule has 0 saturated heterocycles. The third-order valence-corrected chi connectivity index (χ3v) is 3.18. The van der Waals surface area contributed by atoms with Crippen molar-refractivity contribution in [3.63, 3.8) is 0 Å². The summed E-state index contributed by atoms with van der Waals surface area (Å²) in [6.45, 7) is 2.42. The van der Waals surface area contributed by atoms with Gasteiger partial charge in [0.25, 0.3) is 0 Å². The van der Waals surface area contributed by atoms with E-state index in [1.54, 1.807) is 18.5 Å². The summed E-state index contributed by atoms with van der Waals surface area (Å²) in [4.78, 5) is 21.0. The molecule has 0 spiro atoms. The quantitative estimate of drug-likeness (QED) is 0.687. The van der Waals surface area contributed by atoms with Gasteiger partial charge >= 0.3 is 0 Å². The lowest BCUT2D eigenvalue weighted by Crippen LogP contribution is -2.06. The van der Waals surface area contributed by atoms with Crippen LogP contribution in [0.15, 0.2) is 55.0 Å². The molecular formula is C17H14N2O2. The van der Waals surface area contributed by atoms with Crippen molar-refractivity contribution < 1.29 is 9.53 Å². The summed E-state index contributed by atoms with van der Waals surface area (Å²) in [5.41, 5.74) is 0.911. The van der Waals surface area contributed by atoms with Crippen LogP contribution in [0, 0.1) is 0 Å². The van der Waals surface area contributed by atoms with Crippen LogP contribution in [-0.4, -0.2) is 22.4 Å². The summed E-state index contributed by atoms with van der Waals surface area (Å²) in [5.74, 6) is 0.435. The molecule has 2 aromatic heterocycles. The van der Waals surface area contributed by atoms with Gasteiger partial charge in [0, 0.05) is 23.3 Å². The Labute approximate surface area is 122 Å². The van der Waals surface area contributed by atoms with E-state index >= 15 is 0 Å². The van der Waals surface area contributed by atoms with Crippen LogP contribution in [0.2, 0.25) is 0 Å². The number of fused-ring (bicyclic) bond motifs is 1. The highest BCUT2D eigenvalue weighted by molar-refractivity contribution is 6.14. The van der Waals surface area contributed by atoms with Crippen LogP contribution in [0.3, 0.4) is 0 Å². The van der Waals surface area contributed by atoms with E-state index in [9.17, 15) is 4.79 Å². The minimum absolute atomic E-state index is 0.152. The van der Waals surface area contributed by atoms with Gasteiger partial charge in [0.1, 0.15) is 11.4 Å². The van der Waals surface area contributed by atoms with Crippen molar-refractivity contribution in [2.24, 2.45) is 0 Å². The molecule has 21 heavy (non-hydrogen) atoms. The second kappa shape index (κ2) is 5.71.